The number of nitrogens with zero attached hydrogens (tertiary/aromatic N) is 2. The van der Waals surface area contributed by atoms with Crippen molar-refractivity contribution < 1.29 is 14.7 Å². The molecular formula is C19H28N4O3. The molecule has 0 aromatic rings. The molecule has 1 aliphatic heterocycles. The molecule has 4 aliphatic carbocycles. The van der Waals surface area contributed by atoms with E-state index in [0.717, 1.165) is 32.1 Å². The monoisotopic (exact) mass is 360 g/mol. The molecule has 5 aliphatic rings. The summed E-state index contributed by atoms with van der Waals surface area (Å²) in [6.45, 7) is 1.77. The fourth-order valence-electron chi connectivity index (χ4n) is 6.68. The first kappa shape index (κ1) is 17.7. The summed E-state index contributed by atoms with van der Waals surface area (Å²) in [5, 5.41) is 23.2. The number of likely N-dealkylation sites (tertiary alicyclic amines) is 1. The van der Waals surface area contributed by atoms with Crippen LogP contribution >= 0.6 is 0 Å². The summed E-state index contributed by atoms with van der Waals surface area (Å²) in [6, 6.07) is 0.742. The molecular weight excluding hydrogens is 332 g/mol. The number of nitrogens with one attached hydrogen (secondary N) is 1. The van der Waals surface area contributed by atoms with Crippen LogP contribution in [0.15, 0.2) is 0 Å². The van der Waals surface area contributed by atoms with E-state index in [1.54, 1.807) is 4.90 Å². The molecule has 0 aromatic carbocycles. The zero-order valence-electron chi connectivity index (χ0n) is 15.3. The van der Waals surface area contributed by atoms with E-state index in [-0.39, 0.29) is 23.3 Å². The molecule has 0 radical (unpaired) electrons. The highest BCUT2D eigenvalue weighted by molar-refractivity contribution is 5.84. The van der Waals surface area contributed by atoms with Crippen molar-refractivity contribution in [2.24, 2.45) is 23.0 Å². The van der Waals surface area contributed by atoms with Crippen LogP contribution in [0.2, 0.25) is 0 Å². The lowest BCUT2D eigenvalue weighted by molar-refractivity contribution is -0.177. The highest BCUT2D eigenvalue weighted by Gasteiger charge is 2.61. The van der Waals surface area contributed by atoms with E-state index in [4.69, 9.17) is 5.73 Å². The smallest absolute Gasteiger partial charge is 0.241 e. The average molecular weight is 360 g/mol. The summed E-state index contributed by atoms with van der Waals surface area (Å²) >= 11 is 0. The third-order valence-electron chi connectivity index (χ3n) is 7.14. The summed E-state index contributed by atoms with van der Waals surface area (Å²) in [4.78, 5) is 26.1. The maximum atomic E-state index is 13.2. The molecule has 142 valence electrons. The van der Waals surface area contributed by atoms with Crippen molar-refractivity contribution in [1.82, 2.24) is 10.2 Å². The molecule has 4 N–H and O–H groups in total. The Kier molecular flexibility index (Phi) is 4.05. The molecule has 2 unspecified atom stereocenters. The maximum Gasteiger partial charge on any atom is 0.241 e. The fraction of sp³-hybridized carbons (Fsp3) is 0.842. The average Bonchev–Trinajstić information content (AvgIpc) is 2.93. The van der Waals surface area contributed by atoms with Gasteiger partial charge in [-0.1, -0.05) is 0 Å². The van der Waals surface area contributed by atoms with Crippen LogP contribution in [0.25, 0.3) is 0 Å². The van der Waals surface area contributed by atoms with Gasteiger partial charge in [-0.05, 0) is 55.8 Å². The van der Waals surface area contributed by atoms with Gasteiger partial charge in [0.25, 0.3) is 0 Å². The van der Waals surface area contributed by atoms with Crippen molar-refractivity contribution in [3.05, 3.63) is 0 Å². The van der Waals surface area contributed by atoms with E-state index < -0.39 is 17.7 Å². The largest absolute Gasteiger partial charge is 0.390 e. The zero-order valence-corrected chi connectivity index (χ0v) is 15.3. The van der Waals surface area contributed by atoms with Gasteiger partial charge in [0.1, 0.15) is 6.04 Å². The summed E-state index contributed by atoms with van der Waals surface area (Å²) < 4.78 is 0. The van der Waals surface area contributed by atoms with Crippen molar-refractivity contribution in [2.75, 3.05) is 6.54 Å². The molecule has 2 amide bonds. The topological polar surface area (TPSA) is 119 Å². The normalized spacial score (nSPS) is 44.6. The van der Waals surface area contributed by atoms with Crippen LogP contribution in [-0.4, -0.2) is 52.1 Å². The fourth-order valence-corrected chi connectivity index (χ4v) is 6.68. The number of aliphatic hydroxyl groups is 1. The molecule has 5 fully saturated rings. The Hall–Kier alpha value is -1.65. The highest BCUT2D eigenvalue weighted by Crippen LogP contribution is 2.62. The quantitative estimate of drug-likeness (QED) is 0.667. The SMILES string of the molecule is CC(=O)N[C@H]1C[C@@H](C#N)N(C(=O)[C@@H](N)C23CC4CC(CC(O)(C4)C2)C3)C1. The number of nitriles is 1. The number of nitrogens with two attached hydrogens (primary N) is 1. The predicted octanol–water partition coefficient (Wildman–Crippen LogP) is 0.274. The summed E-state index contributed by atoms with van der Waals surface area (Å²) in [6.07, 6.45) is 5.65. The summed E-state index contributed by atoms with van der Waals surface area (Å²) in [5.41, 5.74) is 5.51. The van der Waals surface area contributed by atoms with Gasteiger partial charge in [0.05, 0.1) is 17.7 Å². The lowest BCUT2D eigenvalue weighted by Crippen LogP contribution is -2.64. The van der Waals surface area contributed by atoms with Gasteiger partial charge < -0.3 is 21.1 Å². The van der Waals surface area contributed by atoms with Crippen LogP contribution in [0, 0.1) is 28.6 Å². The molecule has 26 heavy (non-hydrogen) atoms. The molecule has 1 saturated heterocycles. The van der Waals surface area contributed by atoms with E-state index in [1.165, 1.54) is 6.92 Å². The lowest BCUT2D eigenvalue weighted by Gasteiger charge is -2.61. The van der Waals surface area contributed by atoms with Crippen LogP contribution in [0.3, 0.4) is 0 Å². The van der Waals surface area contributed by atoms with Gasteiger partial charge in [0.2, 0.25) is 11.8 Å². The molecule has 1 heterocycles. The van der Waals surface area contributed by atoms with Gasteiger partial charge in [-0.2, -0.15) is 5.26 Å². The van der Waals surface area contributed by atoms with Crippen LogP contribution in [0.4, 0.5) is 0 Å². The second-order valence-electron chi connectivity index (χ2n) is 9.29. The second-order valence-corrected chi connectivity index (χ2v) is 9.29. The van der Waals surface area contributed by atoms with Crippen molar-refractivity contribution in [1.29, 1.82) is 5.26 Å². The Morgan fingerprint density at radius 1 is 1.27 bits per heavy atom. The predicted molar refractivity (Wildman–Crippen MR) is 93.4 cm³/mol. The van der Waals surface area contributed by atoms with Crippen LogP contribution in [-0.2, 0) is 9.59 Å². The van der Waals surface area contributed by atoms with Gasteiger partial charge in [-0.15, -0.1) is 0 Å². The van der Waals surface area contributed by atoms with Gasteiger partial charge in [0, 0.05) is 25.9 Å². The van der Waals surface area contributed by atoms with Gasteiger partial charge >= 0.3 is 0 Å². The number of rotatable bonds is 3. The van der Waals surface area contributed by atoms with E-state index in [0.29, 0.717) is 31.2 Å². The van der Waals surface area contributed by atoms with E-state index in [2.05, 4.69) is 11.4 Å². The molecule has 7 heteroatoms. The van der Waals surface area contributed by atoms with Crippen molar-refractivity contribution in [3.63, 3.8) is 0 Å². The Morgan fingerprint density at radius 2 is 1.92 bits per heavy atom. The van der Waals surface area contributed by atoms with Crippen LogP contribution in [0.5, 0.6) is 0 Å². The van der Waals surface area contributed by atoms with Crippen LogP contribution < -0.4 is 11.1 Å². The number of carbonyl (C=O) groups excluding carboxylic acids is 2. The highest BCUT2D eigenvalue weighted by atomic mass is 16.3. The van der Waals surface area contributed by atoms with E-state index >= 15 is 0 Å². The minimum Gasteiger partial charge on any atom is -0.390 e. The standard InChI is InChI=1S/C19H28N4O3/c1-11(24)22-14-3-15(8-20)23(9-14)17(25)16(21)18-4-12-2-13(5-18)7-19(26,6-12)10-18/h12-16,26H,2-7,9-10,21H2,1H3,(H,22,24)/t12?,13?,14-,15-,16+,18?,19?/m0/s1. The molecule has 7 nitrogen and oxygen atoms in total. The van der Waals surface area contributed by atoms with E-state index in [9.17, 15) is 20.0 Å². The minimum atomic E-state index is -0.688. The van der Waals surface area contributed by atoms with Gasteiger partial charge in [0.15, 0.2) is 0 Å². The number of carbonyl (C=O) groups is 2. The van der Waals surface area contributed by atoms with Crippen molar-refractivity contribution in [3.8, 4) is 6.07 Å². The lowest BCUT2D eigenvalue weighted by atomic mass is 9.46. The maximum absolute atomic E-state index is 13.2. The number of amides is 2. The summed E-state index contributed by atoms with van der Waals surface area (Å²) in [5.74, 6) is 0.554. The molecule has 5 rings (SSSR count). The Morgan fingerprint density at radius 3 is 2.46 bits per heavy atom. The molecule has 4 bridgehead atoms. The molecule has 4 saturated carbocycles. The number of hydrogen-bond acceptors (Lipinski definition) is 5. The first-order valence-corrected chi connectivity index (χ1v) is 9.69. The molecule has 0 spiro atoms. The third-order valence-corrected chi connectivity index (χ3v) is 7.14. The van der Waals surface area contributed by atoms with E-state index in [1.807, 2.05) is 0 Å². The van der Waals surface area contributed by atoms with Crippen molar-refractivity contribution >= 4 is 11.8 Å². The van der Waals surface area contributed by atoms with Crippen LogP contribution in [0.1, 0.15) is 51.9 Å². The summed E-state index contributed by atoms with van der Waals surface area (Å²) in [7, 11) is 0. The third kappa shape index (κ3) is 2.80. The Balaban J connectivity index is 1.53. The first-order valence-electron chi connectivity index (χ1n) is 9.69. The zero-order chi connectivity index (χ0) is 18.7. The number of hydrogen-bond donors (Lipinski definition) is 3. The second kappa shape index (κ2) is 5.93. The Labute approximate surface area is 153 Å². The minimum absolute atomic E-state index is 0.159. The van der Waals surface area contributed by atoms with Gasteiger partial charge in [-0.25, -0.2) is 0 Å². The van der Waals surface area contributed by atoms with Gasteiger partial charge in [-0.3, -0.25) is 9.59 Å². The Bertz CT molecular complexity index is 658. The molecule has 5 atom stereocenters. The first-order chi connectivity index (χ1) is 12.2. The molecule has 0 aromatic heterocycles. The van der Waals surface area contributed by atoms with Crippen molar-refractivity contribution in [2.45, 2.75) is 75.6 Å².